The van der Waals surface area contributed by atoms with E-state index < -0.39 is 5.41 Å². The number of fused-ring (bicyclic) bond motifs is 12. The Morgan fingerprint density at radius 3 is 1.47 bits per heavy atom. The van der Waals surface area contributed by atoms with Gasteiger partial charge in [0.05, 0.1) is 11.1 Å². The molecule has 2 heteroatoms. The lowest BCUT2D eigenvalue weighted by atomic mass is 9.68. The summed E-state index contributed by atoms with van der Waals surface area (Å²) in [5.41, 5.74) is 18.7. The quantitative estimate of drug-likeness (QED) is 0.177. The summed E-state index contributed by atoms with van der Waals surface area (Å²) in [6.45, 7) is 0. The van der Waals surface area contributed by atoms with Crippen LogP contribution in [-0.4, -0.2) is 0 Å². The van der Waals surface area contributed by atoms with Crippen LogP contribution in [0.2, 0.25) is 0 Å². The van der Waals surface area contributed by atoms with Crippen molar-refractivity contribution in [1.29, 1.82) is 0 Å². The van der Waals surface area contributed by atoms with Crippen molar-refractivity contribution in [3.05, 3.63) is 241 Å². The number of rotatable bonds is 6. The first kappa shape index (κ1) is 33.5. The summed E-state index contributed by atoms with van der Waals surface area (Å²) >= 11 is 0. The van der Waals surface area contributed by atoms with Crippen LogP contribution in [0.25, 0.3) is 66.1 Å². The van der Waals surface area contributed by atoms with E-state index in [4.69, 9.17) is 0 Å². The first-order valence-electron chi connectivity index (χ1n) is 20.4. The molecular formula is C57H38N2. The average molecular weight is 751 g/mol. The molecule has 0 fully saturated rings. The molecule has 0 saturated carbocycles. The molecule has 0 heterocycles. The molecule has 10 aromatic carbocycles. The van der Waals surface area contributed by atoms with E-state index in [1.54, 1.807) is 0 Å². The molecule has 0 aliphatic heterocycles. The molecule has 0 bridgehead atoms. The maximum Gasteiger partial charge on any atom is 0.0733 e. The molecule has 276 valence electrons. The average Bonchev–Trinajstić information content (AvgIpc) is 3.76. The molecule has 0 atom stereocenters. The number of hydrogen-bond acceptors (Lipinski definition) is 2. The fourth-order valence-electron chi connectivity index (χ4n) is 10.2. The van der Waals surface area contributed by atoms with Crippen LogP contribution in [0.4, 0.5) is 22.7 Å². The number of nitrogens with one attached hydrogen (secondary N) is 2. The normalized spacial score (nSPS) is 12.9. The zero-order chi connectivity index (χ0) is 38.9. The molecule has 0 radical (unpaired) electrons. The highest BCUT2D eigenvalue weighted by molar-refractivity contribution is 6.08. The van der Waals surface area contributed by atoms with Crippen molar-refractivity contribution >= 4 is 44.3 Å². The molecule has 2 aliphatic carbocycles. The van der Waals surface area contributed by atoms with Crippen LogP contribution in [-0.2, 0) is 5.41 Å². The minimum absolute atomic E-state index is 0.607. The summed E-state index contributed by atoms with van der Waals surface area (Å²) in [5, 5.41) is 12.8. The molecule has 59 heavy (non-hydrogen) atoms. The minimum Gasteiger partial charge on any atom is -0.355 e. The zero-order valence-electron chi connectivity index (χ0n) is 32.3. The van der Waals surface area contributed by atoms with Crippen LogP contribution in [0.3, 0.4) is 0 Å². The monoisotopic (exact) mass is 750 g/mol. The van der Waals surface area contributed by atoms with E-state index >= 15 is 0 Å². The highest BCUT2D eigenvalue weighted by Gasteiger charge is 2.53. The van der Waals surface area contributed by atoms with Crippen molar-refractivity contribution < 1.29 is 0 Å². The van der Waals surface area contributed by atoms with Gasteiger partial charge in [0.2, 0.25) is 0 Å². The first-order valence-corrected chi connectivity index (χ1v) is 20.4. The molecule has 10 aromatic rings. The van der Waals surface area contributed by atoms with Crippen molar-refractivity contribution in [3.8, 4) is 44.5 Å². The van der Waals surface area contributed by atoms with Crippen LogP contribution < -0.4 is 10.6 Å². The maximum absolute atomic E-state index is 4.14. The molecule has 2 aliphatic rings. The van der Waals surface area contributed by atoms with Crippen molar-refractivity contribution in [1.82, 2.24) is 0 Å². The summed E-state index contributed by atoms with van der Waals surface area (Å²) < 4.78 is 0. The minimum atomic E-state index is -0.607. The Kier molecular flexibility index (Phi) is 7.48. The van der Waals surface area contributed by atoms with Crippen molar-refractivity contribution in [2.75, 3.05) is 10.6 Å². The second-order valence-corrected chi connectivity index (χ2v) is 15.7. The summed E-state index contributed by atoms with van der Waals surface area (Å²) in [5.74, 6) is 0. The molecule has 0 saturated heterocycles. The lowest BCUT2D eigenvalue weighted by molar-refractivity contribution is 0.796. The third-order valence-corrected chi connectivity index (χ3v) is 12.6. The Balaban J connectivity index is 1.21. The van der Waals surface area contributed by atoms with Crippen molar-refractivity contribution in [3.63, 3.8) is 0 Å². The Morgan fingerprint density at radius 2 is 0.831 bits per heavy atom. The molecule has 1 spiro atoms. The predicted molar refractivity (Wildman–Crippen MR) is 248 cm³/mol. The smallest absolute Gasteiger partial charge is 0.0733 e. The van der Waals surface area contributed by atoms with Gasteiger partial charge in [-0.3, -0.25) is 0 Å². The van der Waals surface area contributed by atoms with Gasteiger partial charge >= 0.3 is 0 Å². The van der Waals surface area contributed by atoms with Gasteiger partial charge in [-0.1, -0.05) is 188 Å². The Bertz CT molecular complexity index is 3220. The molecular weight excluding hydrogens is 713 g/mol. The Hall–Kier alpha value is -7.68. The van der Waals surface area contributed by atoms with Gasteiger partial charge in [-0.05, 0) is 96.7 Å². The standard InChI is InChI=1S/C57H38N2/c1-3-17-39(18-4-1)47-36-48-46-34-33-41(58-52-31-15-23-37-19-7-9-25-42(37)52)35-51(46)57(49-29-13-11-27-44(49)45-28-12-14-30-50(45)57)55(48)54(40-21-5-2-6-22-40)56(47)59-53-32-16-24-38-20-8-10-26-43(38)53/h1-36,58-59H. The topological polar surface area (TPSA) is 24.1 Å². The van der Waals surface area contributed by atoms with E-state index in [1.165, 1.54) is 82.7 Å². The largest absolute Gasteiger partial charge is 0.355 e. The van der Waals surface area contributed by atoms with Crippen LogP contribution in [0.15, 0.2) is 218 Å². The second kappa shape index (κ2) is 13.2. The number of benzene rings is 10. The number of hydrogen-bond donors (Lipinski definition) is 2. The molecule has 12 rings (SSSR count). The van der Waals surface area contributed by atoms with E-state index in [2.05, 4.69) is 229 Å². The fraction of sp³-hybridized carbons (Fsp3) is 0.0175. The highest BCUT2D eigenvalue weighted by atomic mass is 14.9. The third-order valence-electron chi connectivity index (χ3n) is 12.6. The van der Waals surface area contributed by atoms with Gasteiger partial charge in [0, 0.05) is 39.0 Å². The molecule has 0 amide bonds. The van der Waals surface area contributed by atoms with Crippen LogP contribution in [0.5, 0.6) is 0 Å². The van der Waals surface area contributed by atoms with E-state index in [0.717, 1.165) is 28.3 Å². The van der Waals surface area contributed by atoms with E-state index in [9.17, 15) is 0 Å². The van der Waals surface area contributed by atoms with Gasteiger partial charge in [-0.15, -0.1) is 0 Å². The van der Waals surface area contributed by atoms with Crippen molar-refractivity contribution in [2.45, 2.75) is 5.41 Å². The summed E-state index contributed by atoms with van der Waals surface area (Å²) in [6, 6.07) is 80.0. The Labute approximate surface area is 344 Å². The van der Waals surface area contributed by atoms with Crippen LogP contribution in [0.1, 0.15) is 22.3 Å². The van der Waals surface area contributed by atoms with Gasteiger partial charge in [0.25, 0.3) is 0 Å². The molecule has 2 N–H and O–H groups in total. The SMILES string of the molecule is c1ccc(-c2cc3c(c(-c4ccccc4)c2Nc2cccc4ccccc24)C2(c4ccccc4-c4ccccc42)c2cc(Nc4cccc5ccccc45)ccc2-3)cc1. The zero-order valence-corrected chi connectivity index (χ0v) is 32.3. The van der Waals surface area contributed by atoms with E-state index in [0.29, 0.717) is 0 Å². The maximum atomic E-state index is 4.14. The predicted octanol–water partition coefficient (Wildman–Crippen LogP) is 15.2. The van der Waals surface area contributed by atoms with Gasteiger partial charge in [-0.2, -0.15) is 0 Å². The van der Waals surface area contributed by atoms with Gasteiger partial charge < -0.3 is 10.6 Å². The lowest BCUT2D eigenvalue weighted by Crippen LogP contribution is -2.27. The third kappa shape index (κ3) is 5.00. The molecule has 0 aromatic heterocycles. The summed E-state index contributed by atoms with van der Waals surface area (Å²) in [7, 11) is 0. The van der Waals surface area contributed by atoms with E-state index in [-0.39, 0.29) is 0 Å². The summed E-state index contributed by atoms with van der Waals surface area (Å²) in [6.07, 6.45) is 0. The highest BCUT2D eigenvalue weighted by Crippen LogP contribution is 2.66. The van der Waals surface area contributed by atoms with E-state index in [1.807, 2.05) is 0 Å². The van der Waals surface area contributed by atoms with Gasteiger partial charge in [-0.25, -0.2) is 0 Å². The van der Waals surface area contributed by atoms with Crippen LogP contribution >= 0.6 is 0 Å². The summed E-state index contributed by atoms with van der Waals surface area (Å²) in [4.78, 5) is 0. The fourth-order valence-corrected chi connectivity index (χ4v) is 10.2. The van der Waals surface area contributed by atoms with Gasteiger partial charge in [0.1, 0.15) is 0 Å². The number of anilines is 4. The molecule has 2 nitrogen and oxygen atoms in total. The second-order valence-electron chi connectivity index (χ2n) is 15.7. The first-order chi connectivity index (χ1) is 29.3. The van der Waals surface area contributed by atoms with Gasteiger partial charge in [0.15, 0.2) is 0 Å². The molecule has 0 unspecified atom stereocenters. The Morgan fingerprint density at radius 1 is 0.322 bits per heavy atom. The van der Waals surface area contributed by atoms with Crippen molar-refractivity contribution in [2.24, 2.45) is 0 Å². The lowest BCUT2D eigenvalue weighted by Gasteiger charge is -2.34. The van der Waals surface area contributed by atoms with Crippen LogP contribution in [0, 0.1) is 0 Å².